The van der Waals surface area contributed by atoms with Gasteiger partial charge in [-0.1, -0.05) is 38.8 Å². The average Bonchev–Trinajstić information content (AvgIpc) is 2.06. The number of nitrogens with zero attached hydrogens (tertiary/aromatic N) is 1. The third-order valence-corrected chi connectivity index (χ3v) is 2.80. The van der Waals surface area contributed by atoms with Crippen molar-refractivity contribution in [3.8, 4) is 0 Å². The molecule has 0 fully saturated rings. The quantitative estimate of drug-likeness (QED) is 0.412. The van der Waals surface area contributed by atoms with Crippen LogP contribution in [-0.2, 0) is 0 Å². The number of hydrogen-bond donors (Lipinski definition) is 0. The van der Waals surface area contributed by atoms with Crippen molar-refractivity contribution in [3.63, 3.8) is 0 Å². The summed E-state index contributed by atoms with van der Waals surface area (Å²) in [6, 6.07) is 0.776. The molecule has 0 aromatic carbocycles. The maximum absolute atomic E-state index is 2.65. The summed E-state index contributed by atoms with van der Waals surface area (Å²) < 4.78 is 0. The first-order chi connectivity index (χ1) is 6.38. The summed E-state index contributed by atoms with van der Waals surface area (Å²) in [6.07, 6.45) is 11.3. The molecule has 0 N–H and O–H groups in total. The maximum atomic E-state index is 2.65. The second-order valence-electron chi connectivity index (χ2n) is 3.97. The summed E-state index contributed by atoms with van der Waals surface area (Å²) in [5.41, 5.74) is 0. The first-order valence-corrected chi connectivity index (χ1v) is 5.79. The van der Waals surface area contributed by atoms with E-state index in [0.29, 0.717) is 0 Å². The van der Waals surface area contributed by atoms with Gasteiger partial charge in [-0.15, -0.1) is 0 Å². The van der Waals surface area contributed by atoms with Crippen LogP contribution in [0.5, 0.6) is 0 Å². The Kier molecular flexibility index (Phi) is 8.78. The summed E-state index contributed by atoms with van der Waals surface area (Å²) >= 11 is 0. The van der Waals surface area contributed by atoms with E-state index in [1.54, 1.807) is 0 Å². The molecule has 14 heavy (non-hydrogen) atoms. The van der Waals surface area contributed by atoms with Gasteiger partial charge in [-0.25, -0.2) is 0 Å². The fourth-order valence-electron chi connectivity index (χ4n) is 1.69. The first-order valence-electron chi connectivity index (χ1n) is 5.79. The Bertz CT molecular complexity index is 154. The van der Waals surface area contributed by atoms with E-state index in [2.05, 4.69) is 30.9 Å². The van der Waals surface area contributed by atoms with Crippen LogP contribution < -0.4 is 18.9 Å². The molecular formula is C12H24LiN. The van der Waals surface area contributed by atoms with Crippen LogP contribution in [-0.4, -0.2) is 24.0 Å². The summed E-state index contributed by atoms with van der Waals surface area (Å²) in [6.45, 7) is 7.14. The molecule has 1 unspecified atom stereocenters. The number of rotatable bonds is 7. The molecule has 1 aliphatic carbocycles. The first kappa shape index (κ1) is 14.3. The van der Waals surface area contributed by atoms with Crippen LogP contribution in [0.25, 0.3) is 0 Å². The smallest absolute Gasteiger partial charge is 1.00 e. The zero-order valence-corrected chi connectivity index (χ0v) is 10.1. The van der Waals surface area contributed by atoms with E-state index in [4.69, 9.17) is 0 Å². The van der Waals surface area contributed by atoms with Gasteiger partial charge < -0.3 is 1.43 Å². The van der Waals surface area contributed by atoms with Crippen molar-refractivity contribution in [1.82, 2.24) is 4.90 Å². The zero-order chi connectivity index (χ0) is 9.52. The van der Waals surface area contributed by atoms with E-state index in [-0.39, 0.29) is 20.3 Å². The van der Waals surface area contributed by atoms with Crippen LogP contribution in [0.4, 0.5) is 0 Å². The molecule has 0 aliphatic heterocycles. The molecule has 2 heteroatoms. The Hall–Kier alpha value is 0.297. The third kappa shape index (κ3) is 4.69. The minimum Gasteiger partial charge on any atom is -1.00 e. The minimum atomic E-state index is 0. The number of hydrogen-bond acceptors (Lipinski definition) is 1. The fourth-order valence-corrected chi connectivity index (χ4v) is 1.69. The Labute approximate surface area is 103 Å². The monoisotopic (exact) mass is 189 g/mol. The van der Waals surface area contributed by atoms with Crippen LogP contribution >= 0.6 is 0 Å². The van der Waals surface area contributed by atoms with Crippen molar-refractivity contribution >= 4 is 0 Å². The average molecular weight is 189 g/mol. The van der Waals surface area contributed by atoms with E-state index >= 15 is 0 Å². The van der Waals surface area contributed by atoms with Gasteiger partial charge in [0.05, 0.1) is 0 Å². The third-order valence-electron chi connectivity index (χ3n) is 2.80. The van der Waals surface area contributed by atoms with Gasteiger partial charge in [0.2, 0.25) is 0 Å². The van der Waals surface area contributed by atoms with Gasteiger partial charge >= 0.3 is 18.9 Å². The van der Waals surface area contributed by atoms with Gasteiger partial charge in [-0.3, -0.25) is 4.90 Å². The Morgan fingerprint density at radius 2 is 1.71 bits per heavy atom. The van der Waals surface area contributed by atoms with Crippen LogP contribution in [0, 0.1) is 0 Å². The van der Waals surface area contributed by atoms with Crippen molar-refractivity contribution in [1.29, 1.82) is 0 Å². The second kappa shape index (κ2) is 8.59. The van der Waals surface area contributed by atoms with Gasteiger partial charge in [-0.05, 0) is 32.4 Å². The molecule has 0 aromatic heterocycles. The molecular weight excluding hydrogens is 165 g/mol. The van der Waals surface area contributed by atoms with E-state index in [0.717, 1.165) is 6.04 Å². The molecule has 0 saturated carbocycles. The largest absolute Gasteiger partial charge is 1.00 e. The minimum absolute atomic E-state index is 0. The molecule has 1 nitrogen and oxygen atoms in total. The van der Waals surface area contributed by atoms with Crippen molar-refractivity contribution in [2.45, 2.75) is 52.0 Å². The van der Waals surface area contributed by atoms with Gasteiger partial charge in [0.1, 0.15) is 0 Å². The van der Waals surface area contributed by atoms with Gasteiger partial charge in [0.25, 0.3) is 0 Å². The molecule has 1 atom stereocenters. The molecule has 0 saturated heterocycles. The predicted molar refractivity (Wildman–Crippen MR) is 60.0 cm³/mol. The van der Waals surface area contributed by atoms with Crippen molar-refractivity contribution in [2.75, 3.05) is 13.1 Å². The van der Waals surface area contributed by atoms with E-state index in [1.165, 1.54) is 45.2 Å². The van der Waals surface area contributed by atoms with Crippen molar-refractivity contribution < 1.29 is 20.3 Å². The predicted octanol–water partition coefficient (Wildman–Crippen LogP) is 0.334. The molecule has 0 amide bonds. The topological polar surface area (TPSA) is 3.24 Å². The maximum Gasteiger partial charge on any atom is 1.00 e. The Balaban J connectivity index is 0. The van der Waals surface area contributed by atoms with Crippen molar-refractivity contribution in [2.24, 2.45) is 0 Å². The molecule has 78 valence electrons. The molecule has 0 spiro atoms. The van der Waals surface area contributed by atoms with Crippen LogP contribution in [0.15, 0.2) is 12.2 Å². The summed E-state index contributed by atoms with van der Waals surface area (Å²) in [4.78, 5) is 2.65. The summed E-state index contributed by atoms with van der Waals surface area (Å²) in [5.74, 6) is 0. The summed E-state index contributed by atoms with van der Waals surface area (Å²) in [7, 11) is 0. The van der Waals surface area contributed by atoms with Crippen LogP contribution in [0.3, 0.4) is 0 Å². The van der Waals surface area contributed by atoms with E-state index < -0.39 is 0 Å². The molecule has 0 heterocycles. The fraction of sp³-hybridized carbons (Fsp3) is 0.833. The second-order valence-corrected chi connectivity index (χ2v) is 3.97. The summed E-state index contributed by atoms with van der Waals surface area (Å²) in [5, 5.41) is 0. The SMILES string of the molecule is CCCCN(CCCC)C1C=CC1.[H-].[Li+]. The van der Waals surface area contributed by atoms with Crippen LogP contribution in [0.2, 0.25) is 0 Å². The van der Waals surface area contributed by atoms with Gasteiger partial charge in [0.15, 0.2) is 0 Å². The molecule has 0 bridgehead atoms. The molecule has 1 aliphatic rings. The zero-order valence-electron chi connectivity index (χ0n) is 11.1. The normalized spacial score (nSPS) is 19.2. The molecule has 0 aromatic rings. The Morgan fingerprint density at radius 3 is 2.00 bits per heavy atom. The molecule has 0 radical (unpaired) electrons. The van der Waals surface area contributed by atoms with Crippen molar-refractivity contribution in [3.05, 3.63) is 12.2 Å². The standard InChI is InChI=1S/C12H23N.Li.H/c1-3-5-10-13(11-6-4-2)12-8-7-9-12;;/h7-8,12H,3-6,9-11H2,1-2H3;;/q;+1;-1. The number of unbranched alkanes of at least 4 members (excludes halogenated alkanes) is 2. The van der Waals surface area contributed by atoms with E-state index in [1.807, 2.05) is 0 Å². The van der Waals surface area contributed by atoms with Crippen LogP contribution in [0.1, 0.15) is 47.4 Å². The van der Waals surface area contributed by atoms with Gasteiger partial charge in [0, 0.05) is 6.04 Å². The van der Waals surface area contributed by atoms with Gasteiger partial charge in [-0.2, -0.15) is 0 Å². The Morgan fingerprint density at radius 1 is 1.21 bits per heavy atom. The van der Waals surface area contributed by atoms with E-state index in [9.17, 15) is 0 Å². The molecule has 1 rings (SSSR count).